The largest absolute Gasteiger partial charge is 0.480 e. The van der Waals surface area contributed by atoms with Crippen LogP contribution in [0, 0.1) is 5.92 Å². The first-order chi connectivity index (χ1) is 9.61. The lowest BCUT2D eigenvalue weighted by molar-refractivity contribution is 0.0967. The number of pyridine rings is 1. The molecule has 1 aromatic heterocycles. The monoisotopic (exact) mass is 333 g/mol. The average Bonchev–Trinajstić information content (AvgIpc) is 2.48. The molecule has 0 aromatic carbocycles. The van der Waals surface area contributed by atoms with Crippen LogP contribution in [0.3, 0.4) is 0 Å². The number of anilines is 1. The molecule has 21 heavy (non-hydrogen) atoms. The minimum atomic E-state index is 0. The van der Waals surface area contributed by atoms with Gasteiger partial charge >= 0.3 is 0 Å². The van der Waals surface area contributed by atoms with Crippen LogP contribution in [0.2, 0.25) is 5.02 Å². The molecule has 0 unspecified atom stereocenters. The molecule has 0 atom stereocenters. The highest BCUT2D eigenvalue weighted by Crippen LogP contribution is 2.27. The lowest BCUT2D eigenvalue weighted by atomic mass is 9.91. The van der Waals surface area contributed by atoms with Crippen molar-refractivity contribution in [2.24, 2.45) is 5.92 Å². The molecule has 1 aliphatic rings. The van der Waals surface area contributed by atoms with Crippen molar-refractivity contribution in [3.63, 3.8) is 0 Å². The Morgan fingerprint density at radius 2 is 2.19 bits per heavy atom. The number of methoxy groups -OCH3 is 1. The Bertz CT molecular complexity index is 491. The molecule has 1 aliphatic heterocycles. The van der Waals surface area contributed by atoms with Crippen LogP contribution >= 0.6 is 24.0 Å². The highest BCUT2D eigenvalue weighted by atomic mass is 35.5. The van der Waals surface area contributed by atoms with E-state index in [4.69, 9.17) is 22.1 Å². The van der Waals surface area contributed by atoms with E-state index in [0.29, 0.717) is 17.9 Å². The summed E-state index contributed by atoms with van der Waals surface area (Å²) in [6.07, 6.45) is 3.64. The highest BCUT2D eigenvalue weighted by molar-refractivity contribution is 6.33. The molecule has 5 nitrogen and oxygen atoms in total. The Kier molecular flexibility index (Phi) is 7.22. The van der Waals surface area contributed by atoms with Crippen LogP contribution in [0.5, 0.6) is 5.88 Å². The van der Waals surface area contributed by atoms with Gasteiger partial charge < -0.3 is 15.8 Å². The fourth-order valence-corrected chi connectivity index (χ4v) is 2.63. The van der Waals surface area contributed by atoms with Crippen molar-refractivity contribution in [2.45, 2.75) is 25.7 Å². The number of hydrogen-bond acceptors (Lipinski definition) is 5. The number of carbonyl (C=O) groups is 1. The summed E-state index contributed by atoms with van der Waals surface area (Å²) in [5.41, 5.74) is 6.03. The minimum absolute atomic E-state index is 0. The van der Waals surface area contributed by atoms with Crippen LogP contribution in [0.1, 0.15) is 36.0 Å². The summed E-state index contributed by atoms with van der Waals surface area (Å²) in [5.74, 6) is 1.05. The molecule has 1 aromatic rings. The number of aromatic nitrogens is 1. The average molecular weight is 334 g/mol. The Hall–Kier alpha value is -1.04. The fourth-order valence-electron chi connectivity index (χ4n) is 2.48. The van der Waals surface area contributed by atoms with E-state index in [1.54, 1.807) is 6.07 Å². The second-order valence-electron chi connectivity index (χ2n) is 5.07. The number of ketones is 1. The van der Waals surface area contributed by atoms with Gasteiger partial charge in [-0.3, -0.25) is 4.79 Å². The van der Waals surface area contributed by atoms with Crippen molar-refractivity contribution >= 4 is 35.6 Å². The van der Waals surface area contributed by atoms with Crippen molar-refractivity contribution in [1.29, 1.82) is 0 Å². The van der Waals surface area contributed by atoms with E-state index < -0.39 is 0 Å². The van der Waals surface area contributed by atoms with Crippen molar-refractivity contribution in [1.82, 2.24) is 10.3 Å². The lowest BCUT2D eigenvalue weighted by Gasteiger charge is -2.22. The third-order valence-electron chi connectivity index (χ3n) is 3.70. The number of nitrogen functional groups attached to an aromatic ring is 1. The van der Waals surface area contributed by atoms with E-state index in [2.05, 4.69) is 10.3 Å². The smallest absolute Gasteiger partial charge is 0.226 e. The fraction of sp³-hybridized carbons (Fsp3) is 0.571. The van der Waals surface area contributed by atoms with Crippen LogP contribution < -0.4 is 15.8 Å². The number of nitrogens with one attached hydrogen (secondary N) is 1. The van der Waals surface area contributed by atoms with Crippen LogP contribution in [-0.2, 0) is 0 Å². The molecule has 0 bridgehead atoms. The van der Waals surface area contributed by atoms with Gasteiger partial charge in [0, 0.05) is 6.42 Å². The second kappa shape index (κ2) is 8.41. The molecule has 1 fully saturated rings. The molecule has 3 N–H and O–H groups in total. The number of ether oxygens (including phenoxy) is 1. The maximum absolute atomic E-state index is 12.3. The molecular weight excluding hydrogens is 313 g/mol. The summed E-state index contributed by atoms with van der Waals surface area (Å²) in [7, 11) is 1.47. The Morgan fingerprint density at radius 3 is 2.81 bits per heavy atom. The summed E-state index contributed by atoms with van der Waals surface area (Å²) in [6, 6.07) is 1.55. The van der Waals surface area contributed by atoms with Gasteiger partial charge in [0.15, 0.2) is 5.78 Å². The van der Waals surface area contributed by atoms with E-state index in [0.717, 1.165) is 32.4 Å². The standard InChI is InChI=1S/C14H20ClN3O2.ClH/c1-20-14-10(8-11(15)13(16)18-14)12(19)3-2-9-4-6-17-7-5-9;/h8-9,17H,2-7H2,1H3,(H2,16,18);1H. The van der Waals surface area contributed by atoms with Gasteiger partial charge in [0.1, 0.15) is 5.82 Å². The van der Waals surface area contributed by atoms with Crippen molar-refractivity contribution in [3.8, 4) is 5.88 Å². The molecule has 0 amide bonds. The minimum Gasteiger partial charge on any atom is -0.480 e. The third-order valence-corrected chi connectivity index (χ3v) is 4.00. The maximum Gasteiger partial charge on any atom is 0.226 e. The molecule has 2 rings (SSSR count). The zero-order valence-electron chi connectivity index (χ0n) is 12.0. The van der Waals surface area contributed by atoms with Crippen molar-refractivity contribution in [2.75, 3.05) is 25.9 Å². The first kappa shape index (κ1) is 18.0. The lowest BCUT2D eigenvalue weighted by Crippen LogP contribution is -2.28. The Balaban J connectivity index is 0.00000220. The molecule has 1 saturated heterocycles. The quantitative estimate of drug-likeness (QED) is 0.810. The molecule has 0 aliphatic carbocycles. The first-order valence-corrected chi connectivity index (χ1v) is 7.23. The molecule has 7 heteroatoms. The number of carbonyl (C=O) groups excluding carboxylic acids is 1. The summed E-state index contributed by atoms with van der Waals surface area (Å²) in [6.45, 7) is 2.08. The maximum atomic E-state index is 12.3. The molecule has 0 saturated carbocycles. The van der Waals surface area contributed by atoms with Gasteiger partial charge in [-0.25, -0.2) is 0 Å². The summed E-state index contributed by atoms with van der Waals surface area (Å²) >= 11 is 5.93. The topological polar surface area (TPSA) is 77.2 Å². The number of piperidine rings is 1. The number of nitrogens with zero attached hydrogens (tertiary/aromatic N) is 1. The van der Waals surface area contributed by atoms with Gasteiger partial charge in [-0.05, 0) is 44.3 Å². The summed E-state index contributed by atoms with van der Waals surface area (Å²) in [5, 5.41) is 3.61. The van der Waals surface area contributed by atoms with Gasteiger partial charge in [-0.2, -0.15) is 4.98 Å². The number of nitrogens with two attached hydrogens (primary N) is 1. The van der Waals surface area contributed by atoms with Crippen LogP contribution in [0.4, 0.5) is 5.82 Å². The van der Waals surface area contributed by atoms with Gasteiger partial charge in [-0.1, -0.05) is 11.6 Å². The number of Topliss-reactive ketones (excluding diaryl/α,β-unsaturated/α-hetero) is 1. The SMILES string of the molecule is COc1nc(N)c(Cl)cc1C(=O)CCC1CCNCC1.Cl. The summed E-state index contributed by atoms with van der Waals surface area (Å²) in [4.78, 5) is 16.3. The zero-order chi connectivity index (χ0) is 14.5. The van der Waals surface area contributed by atoms with Crippen LogP contribution in [-0.4, -0.2) is 31.0 Å². The van der Waals surface area contributed by atoms with E-state index in [1.807, 2.05) is 0 Å². The van der Waals surface area contributed by atoms with Gasteiger partial charge in [0.2, 0.25) is 5.88 Å². The summed E-state index contributed by atoms with van der Waals surface area (Å²) < 4.78 is 5.11. The number of hydrogen-bond donors (Lipinski definition) is 2. The number of halogens is 2. The van der Waals surface area contributed by atoms with E-state index in [9.17, 15) is 4.79 Å². The molecule has 118 valence electrons. The Labute approximate surface area is 136 Å². The van der Waals surface area contributed by atoms with Gasteiger partial charge in [0.25, 0.3) is 0 Å². The molecule has 2 heterocycles. The normalized spacial score (nSPS) is 15.3. The van der Waals surface area contributed by atoms with Gasteiger partial charge in [-0.15, -0.1) is 12.4 Å². The molecule has 0 radical (unpaired) electrons. The van der Waals surface area contributed by atoms with E-state index >= 15 is 0 Å². The van der Waals surface area contributed by atoms with Crippen LogP contribution in [0.25, 0.3) is 0 Å². The van der Waals surface area contributed by atoms with Crippen LogP contribution in [0.15, 0.2) is 6.07 Å². The predicted octanol–water partition coefficient (Wildman–Crippen LogP) is 2.71. The predicted molar refractivity (Wildman–Crippen MR) is 86.6 cm³/mol. The second-order valence-corrected chi connectivity index (χ2v) is 5.47. The zero-order valence-corrected chi connectivity index (χ0v) is 13.6. The third kappa shape index (κ3) is 4.73. The van der Waals surface area contributed by atoms with Gasteiger partial charge in [0.05, 0.1) is 17.7 Å². The van der Waals surface area contributed by atoms with E-state index in [1.165, 1.54) is 7.11 Å². The van der Waals surface area contributed by atoms with Crippen molar-refractivity contribution in [3.05, 3.63) is 16.7 Å². The van der Waals surface area contributed by atoms with Crippen molar-refractivity contribution < 1.29 is 9.53 Å². The molecular formula is C14H21Cl2N3O2. The van der Waals surface area contributed by atoms with E-state index in [-0.39, 0.29) is 34.9 Å². The molecule has 0 spiro atoms. The first-order valence-electron chi connectivity index (χ1n) is 6.85. The highest BCUT2D eigenvalue weighted by Gasteiger charge is 2.19. The number of rotatable bonds is 5. The Morgan fingerprint density at radius 1 is 1.52 bits per heavy atom.